The van der Waals surface area contributed by atoms with E-state index in [-0.39, 0.29) is 36.0 Å². The molecule has 3 fully saturated rings. The highest BCUT2D eigenvalue weighted by Crippen LogP contribution is 2.44. The third kappa shape index (κ3) is 5.55. The second-order valence-corrected chi connectivity index (χ2v) is 11.1. The summed E-state index contributed by atoms with van der Waals surface area (Å²) in [7, 11) is 0. The van der Waals surface area contributed by atoms with Crippen molar-refractivity contribution in [1.82, 2.24) is 0 Å². The van der Waals surface area contributed by atoms with Crippen molar-refractivity contribution in [2.45, 2.75) is 98.7 Å². The Hall–Kier alpha value is -1.06. The van der Waals surface area contributed by atoms with Crippen molar-refractivity contribution in [1.29, 1.82) is 0 Å². The molecule has 0 bridgehead atoms. The van der Waals surface area contributed by atoms with Crippen molar-refractivity contribution < 1.29 is 19.1 Å². The maximum absolute atomic E-state index is 12.8. The highest BCUT2D eigenvalue weighted by Gasteiger charge is 2.52. The van der Waals surface area contributed by atoms with Crippen LogP contribution in [0.1, 0.15) is 86.5 Å². The molecule has 3 rings (SSSR count). The molecule has 0 saturated heterocycles. The van der Waals surface area contributed by atoms with E-state index in [4.69, 9.17) is 9.47 Å². The van der Waals surface area contributed by atoms with Crippen LogP contribution in [-0.4, -0.2) is 24.1 Å². The summed E-state index contributed by atoms with van der Waals surface area (Å²) in [4.78, 5) is 25.5. The monoisotopic (exact) mass is 406 g/mol. The van der Waals surface area contributed by atoms with Gasteiger partial charge in [0.25, 0.3) is 0 Å². The topological polar surface area (TPSA) is 52.6 Å². The molecule has 0 amide bonds. The molecule has 29 heavy (non-hydrogen) atoms. The number of carbonyl (C=O) groups is 2. The zero-order valence-electron chi connectivity index (χ0n) is 19.4. The van der Waals surface area contributed by atoms with Crippen LogP contribution in [0.2, 0.25) is 0 Å². The average Bonchev–Trinajstić information content (AvgIpc) is 3.42. The summed E-state index contributed by atoms with van der Waals surface area (Å²) in [5.74, 6) is 2.20. The smallest absolute Gasteiger partial charge is 0.310 e. The van der Waals surface area contributed by atoms with Gasteiger partial charge < -0.3 is 9.47 Å². The van der Waals surface area contributed by atoms with Gasteiger partial charge in [-0.1, -0.05) is 54.4 Å². The minimum Gasteiger partial charge on any atom is -0.462 e. The highest BCUT2D eigenvalue weighted by molar-refractivity contribution is 5.87. The van der Waals surface area contributed by atoms with E-state index in [9.17, 15) is 9.59 Å². The summed E-state index contributed by atoms with van der Waals surface area (Å²) < 4.78 is 11.9. The summed E-state index contributed by atoms with van der Waals surface area (Å²) in [6.45, 7) is 13.4. The molecule has 0 radical (unpaired) electrons. The van der Waals surface area contributed by atoms with Crippen LogP contribution in [0.3, 0.4) is 0 Å². The molecule has 3 aliphatic carbocycles. The van der Waals surface area contributed by atoms with Crippen LogP contribution in [-0.2, 0) is 19.1 Å². The van der Waals surface area contributed by atoms with Crippen LogP contribution in [0, 0.1) is 47.3 Å². The highest BCUT2D eigenvalue weighted by atomic mass is 16.6. The van der Waals surface area contributed by atoms with E-state index in [0.717, 1.165) is 25.7 Å². The van der Waals surface area contributed by atoms with Gasteiger partial charge in [0.1, 0.15) is 12.2 Å². The van der Waals surface area contributed by atoms with E-state index in [1.165, 1.54) is 12.8 Å². The normalized spacial score (nSPS) is 40.0. The fraction of sp³-hybridized carbons (Fsp3) is 0.920. The van der Waals surface area contributed by atoms with Gasteiger partial charge >= 0.3 is 11.9 Å². The molecule has 0 aliphatic heterocycles. The third-order valence-electron chi connectivity index (χ3n) is 7.85. The molecule has 3 aliphatic rings. The Bertz CT molecular complexity index is 533. The van der Waals surface area contributed by atoms with Gasteiger partial charge in [0, 0.05) is 0 Å². The molecule has 4 heteroatoms. The first kappa shape index (κ1) is 22.6. The Labute approximate surface area is 177 Å². The minimum absolute atomic E-state index is 0.00744. The van der Waals surface area contributed by atoms with E-state index in [2.05, 4.69) is 41.5 Å². The fourth-order valence-corrected chi connectivity index (χ4v) is 5.69. The second-order valence-electron chi connectivity index (χ2n) is 11.1. The maximum atomic E-state index is 12.8. The van der Waals surface area contributed by atoms with Crippen molar-refractivity contribution in [2.75, 3.05) is 0 Å². The first-order chi connectivity index (χ1) is 13.7. The molecular weight excluding hydrogens is 364 g/mol. The molecular formula is C25H42O4. The quantitative estimate of drug-likeness (QED) is 0.536. The van der Waals surface area contributed by atoms with Gasteiger partial charge in [0.15, 0.2) is 0 Å². The molecule has 1 unspecified atom stereocenters. The Morgan fingerprint density at radius 3 is 1.38 bits per heavy atom. The maximum Gasteiger partial charge on any atom is 0.310 e. The Balaban J connectivity index is 1.52. The lowest BCUT2D eigenvalue weighted by molar-refractivity contribution is -0.164. The first-order valence-electron chi connectivity index (χ1n) is 12.1. The zero-order valence-corrected chi connectivity index (χ0v) is 19.4. The molecule has 0 heterocycles. The van der Waals surface area contributed by atoms with Gasteiger partial charge in [-0.3, -0.25) is 9.59 Å². The van der Waals surface area contributed by atoms with Crippen molar-refractivity contribution in [2.24, 2.45) is 47.3 Å². The van der Waals surface area contributed by atoms with Crippen molar-refractivity contribution in [3.05, 3.63) is 0 Å². The van der Waals surface area contributed by atoms with Gasteiger partial charge in [-0.15, -0.1) is 0 Å². The Kier molecular flexibility index (Phi) is 7.32. The summed E-state index contributed by atoms with van der Waals surface area (Å²) in [5.41, 5.74) is 0. The molecule has 0 aromatic carbocycles. The van der Waals surface area contributed by atoms with E-state index >= 15 is 0 Å². The predicted molar refractivity (Wildman–Crippen MR) is 114 cm³/mol. The van der Waals surface area contributed by atoms with Crippen LogP contribution in [0.25, 0.3) is 0 Å². The molecule has 0 aromatic rings. The largest absolute Gasteiger partial charge is 0.462 e. The van der Waals surface area contributed by atoms with E-state index in [1.54, 1.807) is 0 Å². The summed E-state index contributed by atoms with van der Waals surface area (Å²) in [5, 5.41) is 0. The van der Waals surface area contributed by atoms with Crippen LogP contribution < -0.4 is 0 Å². The number of ether oxygens (including phenoxy) is 2. The number of hydrogen-bond acceptors (Lipinski definition) is 4. The van der Waals surface area contributed by atoms with Crippen molar-refractivity contribution in [3.63, 3.8) is 0 Å². The lowest BCUT2D eigenvalue weighted by Crippen LogP contribution is -2.37. The molecule has 8 atom stereocenters. The van der Waals surface area contributed by atoms with Gasteiger partial charge in [0.05, 0.1) is 11.8 Å². The molecule has 3 saturated carbocycles. The SMILES string of the molecule is CC(C)[C@H]1CC[C@H](C)C[C@@H]1OC(=O)C1C[C@H]1C(=O)O[C@H]1C[C@@H](C)CC[C@@H]1C(C)C. The lowest BCUT2D eigenvalue weighted by atomic mass is 9.75. The summed E-state index contributed by atoms with van der Waals surface area (Å²) in [6.07, 6.45) is 7.20. The van der Waals surface area contributed by atoms with E-state index < -0.39 is 0 Å². The standard InChI is InChI=1S/C25H42O4/c1-14(2)18-9-7-16(5)11-22(18)28-24(26)20-13-21(20)25(27)29-23-12-17(6)8-10-19(23)15(3)4/h14-23H,7-13H2,1-6H3/t16-,17-,18+,19+,20+,21?,22-,23-/m0/s1. The zero-order chi connectivity index (χ0) is 21.3. The van der Waals surface area contributed by atoms with E-state index in [1.807, 2.05) is 0 Å². The lowest BCUT2D eigenvalue weighted by Gasteiger charge is -2.37. The van der Waals surface area contributed by atoms with Gasteiger partial charge in [0.2, 0.25) is 0 Å². The minimum atomic E-state index is -0.286. The third-order valence-corrected chi connectivity index (χ3v) is 7.85. The second kappa shape index (κ2) is 9.39. The van der Waals surface area contributed by atoms with Crippen molar-refractivity contribution in [3.8, 4) is 0 Å². The first-order valence-corrected chi connectivity index (χ1v) is 12.1. The predicted octanol–water partition coefficient (Wildman–Crippen LogP) is 5.63. The number of rotatable bonds is 6. The van der Waals surface area contributed by atoms with Gasteiger partial charge in [-0.2, -0.15) is 0 Å². The summed E-state index contributed by atoms with van der Waals surface area (Å²) >= 11 is 0. The van der Waals surface area contributed by atoms with Gasteiger partial charge in [-0.25, -0.2) is 0 Å². The number of hydrogen-bond donors (Lipinski definition) is 0. The molecule has 0 spiro atoms. The molecule has 0 aromatic heterocycles. The average molecular weight is 407 g/mol. The Morgan fingerprint density at radius 1 is 0.655 bits per heavy atom. The van der Waals surface area contributed by atoms with Crippen LogP contribution in [0.4, 0.5) is 0 Å². The summed E-state index contributed by atoms with van der Waals surface area (Å²) in [6, 6.07) is 0. The van der Waals surface area contributed by atoms with Crippen LogP contribution in [0.15, 0.2) is 0 Å². The fourth-order valence-electron chi connectivity index (χ4n) is 5.69. The molecule has 0 N–H and O–H groups in total. The van der Waals surface area contributed by atoms with Crippen molar-refractivity contribution >= 4 is 11.9 Å². The Morgan fingerprint density at radius 2 is 1.03 bits per heavy atom. The van der Waals surface area contributed by atoms with E-state index in [0.29, 0.717) is 41.9 Å². The van der Waals surface area contributed by atoms with Gasteiger partial charge in [-0.05, 0) is 67.6 Å². The van der Waals surface area contributed by atoms with Crippen LogP contribution >= 0.6 is 0 Å². The molecule has 4 nitrogen and oxygen atoms in total. The van der Waals surface area contributed by atoms with Crippen LogP contribution in [0.5, 0.6) is 0 Å². The number of carbonyl (C=O) groups excluding carboxylic acids is 2. The molecule has 166 valence electrons. The number of esters is 2.